The van der Waals surface area contributed by atoms with E-state index < -0.39 is 0 Å². The number of rotatable bonds is 9. The van der Waals surface area contributed by atoms with Crippen molar-refractivity contribution in [3.05, 3.63) is 84.3 Å². The van der Waals surface area contributed by atoms with Crippen molar-refractivity contribution >= 4 is 5.91 Å². The van der Waals surface area contributed by atoms with Crippen molar-refractivity contribution < 1.29 is 9.21 Å². The smallest absolute Gasteiger partial charge is 0.287 e. The van der Waals surface area contributed by atoms with Gasteiger partial charge in [0.05, 0.1) is 6.26 Å². The quantitative estimate of drug-likeness (QED) is 0.592. The molecule has 1 N–H and O–H groups in total. The van der Waals surface area contributed by atoms with Crippen LogP contribution in [-0.2, 0) is 6.42 Å². The first-order valence-electron chi connectivity index (χ1n) is 9.92. The van der Waals surface area contributed by atoms with Crippen LogP contribution in [0, 0.1) is 0 Å². The number of nitrogens with one attached hydrogen (secondary N) is 1. The van der Waals surface area contributed by atoms with Gasteiger partial charge in [-0.25, -0.2) is 0 Å². The minimum atomic E-state index is -0.172. The Morgan fingerprint density at radius 1 is 0.964 bits per heavy atom. The molecule has 28 heavy (non-hydrogen) atoms. The highest BCUT2D eigenvalue weighted by Crippen LogP contribution is 2.24. The van der Waals surface area contributed by atoms with E-state index in [-0.39, 0.29) is 11.9 Å². The molecule has 4 heteroatoms. The van der Waals surface area contributed by atoms with Crippen molar-refractivity contribution in [3.8, 4) is 11.1 Å². The maximum Gasteiger partial charge on any atom is 0.287 e. The fraction of sp³-hybridized carbons (Fsp3) is 0.292. The van der Waals surface area contributed by atoms with Crippen LogP contribution in [-0.4, -0.2) is 36.5 Å². The Morgan fingerprint density at radius 3 is 2.25 bits per heavy atom. The van der Waals surface area contributed by atoms with Crippen molar-refractivity contribution in [2.45, 2.75) is 26.3 Å². The summed E-state index contributed by atoms with van der Waals surface area (Å²) in [6, 6.07) is 22.3. The lowest BCUT2D eigenvalue weighted by Crippen LogP contribution is -2.45. The molecule has 0 aliphatic heterocycles. The summed E-state index contributed by atoms with van der Waals surface area (Å²) in [7, 11) is 0. The summed E-state index contributed by atoms with van der Waals surface area (Å²) in [6.45, 7) is 6.77. The molecular weight excluding hydrogens is 348 g/mol. The number of carbonyl (C=O) groups is 1. The summed E-state index contributed by atoms with van der Waals surface area (Å²) in [5.74, 6) is 0.193. The van der Waals surface area contributed by atoms with Crippen molar-refractivity contribution in [1.29, 1.82) is 0 Å². The van der Waals surface area contributed by atoms with Crippen molar-refractivity contribution in [3.63, 3.8) is 0 Å². The average molecular weight is 377 g/mol. The molecule has 146 valence electrons. The fourth-order valence-electron chi connectivity index (χ4n) is 3.58. The number of furan rings is 1. The molecule has 0 aliphatic carbocycles. The van der Waals surface area contributed by atoms with E-state index in [1.165, 1.54) is 5.56 Å². The second-order valence-electron chi connectivity index (χ2n) is 6.80. The molecule has 3 rings (SSSR count). The van der Waals surface area contributed by atoms with Crippen LogP contribution in [0.2, 0.25) is 0 Å². The van der Waals surface area contributed by atoms with E-state index in [9.17, 15) is 4.79 Å². The van der Waals surface area contributed by atoms with Crippen LogP contribution < -0.4 is 5.32 Å². The van der Waals surface area contributed by atoms with Gasteiger partial charge in [0, 0.05) is 18.2 Å². The molecule has 1 atom stereocenters. The van der Waals surface area contributed by atoms with E-state index in [1.807, 2.05) is 42.5 Å². The summed E-state index contributed by atoms with van der Waals surface area (Å²) >= 11 is 0. The third-order valence-electron chi connectivity index (χ3n) is 5.10. The first-order chi connectivity index (χ1) is 13.7. The van der Waals surface area contributed by atoms with Gasteiger partial charge in [-0.1, -0.05) is 74.5 Å². The maximum atomic E-state index is 12.8. The molecule has 1 aromatic heterocycles. The monoisotopic (exact) mass is 376 g/mol. The molecule has 2 aromatic carbocycles. The van der Waals surface area contributed by atoms with Crippen LogP contribution in [0.4, 0.5) is 0 Å². The molecule has 0 bridgehead atoms. The molecule has 0 radical (unpaired) electrons. The predicted molar refractivity (Wildman–Crippen MR) is 113 cm³/mol. The third-order valence-corrected chi connectivity index (χ3v) is 5.10. The second kappa shape index (κ2) is 9.90. The van der Waals surface area contributed by atoms with Crippen LogP contribution in [0.5, 0.6) is 0 Å². The van der Waals surface area contributed by atoms with E-state index in [4.69, 9.17) is 4.42 Å². The Kier molecular flexibility index (Phi) is 7.04. The van der Waals surface area contributed by atoms with Gasteiger partial charge in [-0.15, -0.1) is 0 Å². The Bertz CT molecular complexity index is 855. The Morgan fingerprint density at radius 2 is 1.61 bits per heavy atom. The Hall–Kier alpha value is -2.85. The SMILES string of the molecule is CCN(CC)C(CNC(=O)c1occc1-c1ccccc1)Cc1ccccc1. The number of hydrogen-bond donors (Lipinski definition) is 1. The first-order valence-corrected chi connectivity index (χ1v) is 9.92. The molecule has 3 aromatic rings. The summed E-state index contributed by atoms with van der Waals surface area (Å²) < 4.78 is 5.52. The van der Waals surface area contributed by atoms with Crippen LogP contribution in [0.1, 0.15) is 30.0 Å². The maximum absolute atomic E-state index is 12.8. The largest absolute Gasteiger partial charge is 0.459 e. The zero-order valence-corrected chi connectivity index (χ0v) is 16.6. The number of nitrogens with zero attached hydrogens (tertiary/aromatic N) is 1. The van der Waals surface area contributed by atoms with Crippen LogP contribution in [0.3, 0.4) is 0 Å². The summed E-state index contributed by atoms with van der Waals surface area (Å²) in [6.07, 6.45) is 2.47. The zero-order chi connectivity index (χ0) is 19.8. The zero-order valence-electron chi connectivity index (χ0n) is 16.6. The number of amides is 1. The molecule has 0 fully saturated rings. The molecule has 0 saturated carbocycles. The molecule has 1 unspecified atom stereocenters. The lowest BCUT2D eigenvalue weighted by atomic mass is 10.0. The van der Waals surface area contributed by atoms with Gasteiger partial charge in [0.2, 0.25) is 0 Å². The Labute approximate surface area is 167 Å². The van der Waals surface area contributed by atoms with Gasteiger partial charge in [0.25, 0.3) is 5.91 Å². The summed E-state index contributed by atoms with van der Waals surface area (Å²) in [5, 5.41) is 3.09. The van der Waals surface area contributed by atoms with Gasteiger partial charge >= 0.3 is 0 Å². The highest BCUT2D eigenvalue weighted by molar-refractivity contribution is 5.98. The fourth-order valence-corrected chi connectivity index (χ4v) is 3.58. The third kappa shape index (κ3) is 4.90. The number of benzene rings is 2. The Balaban J connectivity index is 1.71. The number of likely N-dealkylation sites (N-methyl/N-ethyl adjacent to an activating group) is 1. The minimum absolute atomic E-state index is 0.172. The molecule has 4 nitrogen and oxygen atoms in total. The van der Waals surface area contributed by atoms with Gasteiger partial charge in [-0.3, -0.25) is 9.69 Å². The van der Waals surface area contributed by atoms with E-state index in [2.05, 4.69) is 48.3 Å². The lowest BCUT2D eigenvalue weighted by Gasteiger charge is -2.30. The van der Waals surface area contributed by atoms with Crippen molar-refractivity contribution in [2.75, 3.05) is 19.6 Å². The van der Waals surface area contributed by atoms with Gasteiger partial charge in [-0.05, 0) is 36.7 Å². The van der Waals surface area contributed by atoms with Gasteiger partial charge in [0.15, 0.2) is 5.76 Å². The normalized spacial score (nSPS) is 12.1. The van der Waals surface area contributed by atoms with Crippen LogP contribution in [0.25, 0.3) is 11.1 Å². The number of hydrogen-bond acceptors (Lipinski definition) is 3. The first kappa shape index (κ1) is 19.9. The number of carbonyl (C=O) groups excluding carboxylic acids is 1. The standard InChI is InChI=1S/C24H28N2O2/c1-3-26(4-2)21(17-19-11-7-5-8-12-19)18-25-24(27)23-22(15-16-28-23)20-13-9-6-10-14-20/h5-16,21H,3-4,17-18H2,1-2H3,(H,25,27). The molecular formula is C24H28N2O2. The topological polar surface area (TPSA) is 45.5 Å². The minimum Gasteiger partial charge on any atom is -0.459 e. The van der Waals surface area contributed by atoms with Crippen molar-refractivity contribution in [2.24, 2.45) is 0 Å². The molecule has 0 aliphatic rings. The highest BCUT2D eigenvalue weighted by atomic mass is 16.3. The van der Waals surface area contributed by atoms with Gasteiger partial charge < -0.3 is 9.73 Å². The summed E-state index contributed by atoms with van der Waals surface area (Å²) in [4.78, 5) is 15.2. The van der Waals surface area contributed by atoms with E-state index in [0.717, 1.165) is 30.6 Å². The molecule has 1 heterocycles. The lowest BCUT2D eigenvalue weighted by molar-refractivity contribution is 0.0908. The van der Waals surface area contributed by atoms with Crippen molar-refractivity contribution in [1.82, 2.24) is 10.2 Å². The summed E-state index contributed by atoms with van der Waals surface area (Å²) in [5.41, 5.74) is 3.07. The van der Waals surface area contributed by atoms with E-state index >= 15 is 0 Å². The van der Waals surface area contributed by atoms with Gasteiger partial charge in [-0.2, -0.15) is 0 Å². The molecule has 1 amide bonds. The second-order valence-corrected chi connectivity index (χ2v) is 6.80. The molecule has 0 saturated heterocycles. The van der Waals surface area contributed by atoms with Crippen LogP contribution in [0.15, 0.2) is 77.4 Å². The van der Waals surface area contributed by atoms with E-state index in [1.54, 1.807) is 6.26 Å². The molecule has 0 spiro atoms. The highest BCUT2D eigenvalue weighted by Gasteiger charge is 2.21. The predicted octanol–water partition coefficient (Wildman–Crippen LogP) is 4.63. The van der Waals surface area contributed by atoms with Crippen LogP contribution >= 0.6 is 0 Å². The average Bonchev–Trinajstić information content (AvgIpc) is 3.24. The van der Waals surface area contributed by atoms with E-state index in [0.29, 0.717) is 12.3 Å². The van der Waals surface area contributed by atoms with Gasteiger partial charge in [0.1, 0.15) is 0 Å².